The third-order valence-electron chi connectivity index (χ3n) is 6.28. The first kappa shape index (κ1) is 23.3. The summed E-state index contributed by atoms with van der Waals surface area (Å²) in [6.45, 7) is 5.77. The quantitative estimate of drug-likeness (QED) is 0.383. The van der Waals surface area contributed by atoms with E-state index in [0.717, 1.165) is 89.1 Å². The third-order valence-corrected chi connectivity index (χ3v) is 6.61. The van der Waals surface area contributed by atoms with Crippen LogP contribution in [0.3, 0.4) is 0 Å². The smallest absolute Gasteiger partial charge is 0.193 e. The van der Waals surface area contributed by atoms with E-state index in [-0.39, 0.29) is 5.41 Å². The number of rotatable bonds is 8. The molecule has 168 valence electrons. The molecule has 2 heterocycles. The highest BCUT2D eigenvalue weighted by Crippen LogP contribution is 2.38. The van der Waals surface area contributed by atoms with Crippen LogP contribution < -0.4 is 5.32 Å². The van der Waals surface area contributed by atoms with E-state index in [1.807, 2.05) is 19.2 Å². The summed E-state index contributed by atoms with van der Waals surface area (Å²) < 4.78 is 16.7. The Balaban J connectivity index is 1.56. The fraction of sp³-hybridized carbons (Fsp3) is 0.696. The van der Waals surface area contributed by atoms with E-state index in [2.05, 4.69) is 27.3 Å². The van der Waals surface area contributed by atoms with E-state index >= 15 is 0 Å². The monoisotopic (exact) mass is 437 g/mol. The SMILES string of the molecule is CN=C(NCC1(c2ccccc2Cl)CCOCC1)N1CCC(OCCCOC)CC1. The standard InChI is InChI=1S/C23H36ClN3O3/c1-25-22(27-12-8-19(9-13-27)30-15-5-14-28-2)26-18-23(10-16-29-17-11-23)20-6-3-4-7-21(20)24/h3-4,6-7,19H,5,8-18H2,1-2H3,(H,25,26). The zero-order valence-electron chi connectivity index (χ0n) is 18.4. The second kappa shape index (κ2) is 11.9. The number of benzene rings is 1. The Morgan fingerprint density at radius 3 is 2.63 bits per heavy atom. The van der Waals surface area contributed by atoms with Crippen LogP contribution in [0.2, 0.25) is 5.02 Å². The molecular formula is C23H36ClN3O3. The molecule has 0 radical (unpaired) electrons. The predicted molar refractivity (Wildman–Crippen MR) is 122 cm³/mol. The zero-order chi connectivity index (χ0) is 21.2. The van der Waals surface area contributed by atoms with Crippen LogP contribution in [0.4, 0.5) is 0 Å². The zero-order valence-corrected chi connectivity index (χ0v) is 19.1. The van der Waals surface area contributed by atoms with Crippen molar-refractivity contribution in [2.24, 2.45) is 4.99 Å². The van der Waals surface area contributed by atoms with Crippen LogP contribution in [0, 0.1) is 0 Å². The largest absolute Gasteiger partial charge is 0.385 e. The molecule has 3 rings (SSSR count). The van der Waals surface area contributed by atoms with Crippen LogP contribution >= 0.6 is 11.6 Å². The van der Waals surface area contributed by atoms with Gasteiger partial charge in [-0.1, -0.05) is 29.8 Å². The molecule has 1 N–H and O–H groups in total. The maximum atomic E-state index is 6.59. The fourth-order valence-electron chi connectivity index (χ4n) is 4.46. The molecule has 0 amide bonds. The number of aliphatic imine (C=N–C) groups is 1. The molecule has 0 bridgehead atoms. The van der Waals surface area contributed by atoms with Gasteiger partial charge in [0.1, 0.15) is 0 Å². The van der Waals surface area contributed by atoms with Crippen LogP contribution in [0.15, 0.2) is 29.3 Å². The highest BCUT2D eigenvalue weighted by Gasteiger charge is 2.36. The Bertz CT molecular complexity index is 671. The number of nitrogens with one attached hydrogen (secondary N) is 1. The summed E-state index contributed by atoms with van der Waals surface area (Å²) in [6.07, 6.45) is 5.25. The van der Waals surface area contributed by atoms with Gasteiger partial charge in [-0.2, -0.15) is 0 Å². The Morgan fingerprint density at radius 1 is 1.23 bits per heavy atom. The van der Waals surface area contributed by atoms with Gasteiger partial charge in [0, 0.05) is 70.7 Å². The molecule has 2 aliphatic rings. The van der Waals surface area contributed by atoms with Crippen LogP contribution in [0.25, 0.3) is 0 Å². The number of piperidine rings is 1. The first-order valence-electron chi connectivity index (χ1n) is 11.1. The summed E-state index contributed by atoms with van der Waals surface area (Å²) in [7, 11) is 3.59. The number of methoxy groups -OCH3 is 1. The van der Waals surface area contributed by atoms with E-state index in [4.69, 9.17) is 25.8 Å². The van der Waals surface area contributed by atoms with Gasteiger partial charge in [-0.3, -0.25) is 4.99 Å². The fourth-order valence-corrected chi connectivity index (χ4v) is 4.80. The van der Waals surface area contributed by atoms with Gasteiger partial charge in [0.05, 0.1) is 6.10 Å². The second-order valence-electron chi connectivity index (χ2n) is 8.18. The minimum Gasteiger partial charge on any atom is -0.385 e. The molecule has 0 aromatic heterocycles. The minimum atomic E-state index is -0.0324. The molecule has 2 aliphatic heterocycles. The van der Waals surface area contributed by atoms with Crippen LogP contribution in [0.1, 0.15) is 37.7 Å². The lowest BCUT2D eigenvalue weighted by Crippen LogP contribution is -2.51. The van der Waals surface area contributed by atoms with Gasteiger partial charge in [-0.15, -0.1) is 0 Å². The van der Waals surface area contributed by atoms with E-state index in [9.17, 15) is 0 Å². The molecule has 30 heavy (non-hydrogen) atoms. The minimum absolute atomic E-state index is 0.0324. The molecular weight excluding hydrogens is 402 g/mol. The van der Waals surface area contributed by atoms with E-state index in [0.29, 0.717) is 6.10 Å². The molecule has 1 aromatic rings. The van der Waals surface area contributed by atoms with Crippen molar-refractivity contribution in [2.75, 3.05) is 60.2 Å². The number of ether oxygens (including phenoxy) is 3. The summed E-state index contributed by atoms with van der Waals surface area (Å²) in [4.78, 5) is 6.91. The van der Waals surface area contributed by atoms with Gasteiger partial charge in [0.15, 0.2) is 5.96 Å². The highest BCUT2D eigenvalue weighted by atomic mass is 35.5. The lowest BCUT2D eigenvalue weighted by Gasteiger charge is -2.40. The highest BCUT2D eigenvalue weighted by molar-refractivity contribution is 6.31. The Hall–Kier alpha value is -1.34. The Labute approximate surface area is 185 Å². The molecule has 2 fully saturated rings. The molecule has 0 saturated carbocycles. The number of hydrogen-bond donors (Lipinski definition) is 1. The topological polar surface area (TPSA) is 55.3 Å². The van der Waals surface area contributed by atoms with Crippen molar-refractivity contribution in [3.8, 4) is 0 Å². The van der Waals surface area contributed by atoms with Crippen molar-refractivity contribution in [1.29, 1.82) is 0 Å². The van der Waals surface area contributed by atoms with Gasteiger partial charge in [-0.05, 0) is 43.7 Å². The Kier molecular flexibility index (Phi) is 9.25. The third kappa shape index (κ3) is 6.10. The molecule has 6 nitrogen and oxygen atoms in total. The average Bonchev–Trinajstić information content (AvgIpc) is 2.79. The number of hydrogen-bond acceptors (Lipinski definition) is 4. The number of likely N-dealkylation sites (tertiary alicyclic amines) is 1. The van der Waals surface area contributed by atoms with E-state index < -0.39 is 0 Å². The van der Waals surface area contributed by atoms with Crippen molar-refractivity contribution in [3.63, 3.8) is 0 Å². The number of guanidine groups is 1. The van der Waals surface area contributed by atoms with Gasteiger partial charge >= 0.3 is 0 Å². The molecule has 0 unspecified atom stereocenters. The summed E-state index contributed by atoms with van der Waals surface area (Å²) in [6, 6.07) is 8.21. The van der Waals surface area contributed by atoms with Crippen LogP contribution in [-0.4, -0.2) is 77.2 Å². The van der Waals surface area contributed by atoms with Gasteiger partial charge in [-0.25, -0.2) is 0 Å². The molecule has 0 atom stereocenters. The average molecular weight is 438 g/mol. The maximum Gasteiger partial charge on any atom is 0.193 e. The lowest BCUT2D eigenvalue weighted by atomic mass is 9.74. The predicted octanol–water partition coefficient (Wildman–Crippen LogP) is 3.48. The molecule has 0 aliphatic carbocycles. The first-order chi connectivity index (χ1) is 14.7. The second-order valence-corrected chi connectivity index (χ2v) is 8.58. The van der Waals surface area contributed by atoms with Crippen molar-refractivity contribution < 1.29 is 14.2 Å². The molecule has 2 saturated heterocycles. The summed E-state index contributed by atoms with van der Waals surface area (Å²) >= 11 is 6.59. The van der Waals surface area contributed by atoms with Crippen LogP contribution in [-0.2, 0) is 19.6 Å². The van der Waals surface area contributed by atoms with E-state index in [1.54, 1.807) is 7.11 Å². The van der Waals surface area contributed by atoms with Crippen molar-refractivity contribution in [3.05, 3.63) is 34.9 Å². The van der Waals surface area contributed by atoms with Gasteiger partial charge in [0.2, 0.25) is 0 Å². The Morgan fingerprint density at radius 2 is 1.97 bits per heavy atom. The maximum absolute atomic E-state index is 6.59. The summed E-state index contributed by atoms with van der Waals surface area (Å²) in [5, 5.41) is 4.49. The van der Waals surface area contributed by atoms with Gasteiger partial charge < -0.3 is 24.4 Å². The van der Waals surface area contributed by atoms with Crippen molar-refractivity contribution in [1.82, 2.24) is 10.2 Å². The molecule has 0 spiro atoms. The lowest BCUT2D eigenvalue weighted by molar-refractivity contribution is 0.00968. The van der Waals surface area contributed by atoms with Crippen molar-refractivity contribution in [2.45, 2.75) is 43.6 Å². The van der Waals surface area contributed by atoms with Gasteiger partial charge in [0.25, 0.3) is 0 Å². The number of halogens is 1. The normalized spacial score (nSPS) is 20.4. The summed E-state index contributed by atoms with van der Waals surface area (Å²) in [5.74, 6) is 0.964. The molecule has 7 heteroatoms. The van der Waals surface area contributed by atoms with E-state index in [1.165, 1.54) is 5.56 Å². The number of nitrogens with zero attached hydrogens (tertiary/aromatic N) is 2. The first-order valence-corrected chi connectivity index (χ1v) is 11.5. The van der Waals surface area contributed by atoms with Crippen LogP contribution in [0.5, 0.6) is 0 Å². The molecule has 1 aromatic carbocycles. The van der Waals surface area contributed by atoms with Crippen molar-refractivity contribution >= 4 is 17.6 Å². The summed E-state index contributed by atoms with van der Waals surface area (Å²) in [5.41, 5.74) is 1.18.